The van der Waals surface area contributed by atoms with Gasteiger partial charge in [0, 0.05) is 12.3 Å². The maximum atomic E-state index is 11.8. The second-order valence-electron chi connectivity index (χ2n) is 4.43. The van der Waals surface area contributed by atoms with Crippen LogP contribution in [0.1, 0.15) is 23.5 Å². The predicted molar refractivity (Wildman–Crippen MR) is 68.6 cm³/mol. The van der Waals surface area contributed by atoms with Gasteiger partial charge in [-0.1, -0.05) is 48.5 Å². The molecular formula is C15H13NO2. The highest BCUT2D eigenvalue weighted by Crippen LogP contribution is 2.38. The minimum Gasteiger partial charge on any atom is -0.281 e. The van der Waals surface area contributed by atoms with E-state index >= 15 is 0 Å². The molecule has 0 radical (unpaired) electrons. The molecule has 18 heavy (non-hydrogen) atoms. The summed E-state index contributed by atoms with van der Waals surface area (Å²) in [4.78, 5) is 11.8. The van der Waals surface area contributed by atoms with Crippen LogP contribution in [0.3, 0.4) is 0 Å². The van der Waals surface area contributed by atoms with E-state index in [1.807, 2.05) is 48.5 Å². The number of carbonyl (C=O) groups is 1. The van der Waals surface area contributed by atoms with Gasteiger partial charge >= 0.3 is 0 Å². The lowest BCUT2D eigenvalue weighted by atomic mass is 9.85. The van der Waals surface area contributed by atoms with Gasteiger partial charge in [0.05, 0.1) is 5.69 Å². The molecule has 1 aliphatic heterocycles. The van der Waals surface area contributed by atoms with Crippen LogP contribution in [0.25, 0.3) is 0 Å². The van der Waals surface area contributed by atoms with Crippen molar-refractivity contribution in [2.75, 3.05) is 5.06 Å². The second kappa shape index (κ2) is 4.27. The van der Waals surface area contributed by atoms with Crippen LogP contribution in [0.4, 0.5) is 5.69 Å². The molecule has 3 heteroatoms. The zero-order chi connectivity index (χ0) is 12.5. The van der Waals surface area contributed by atoms with E-state index < -0.39 is 0 Å². The van der Waals surface area contributed by atoms with Gasteiger partial charge in [0.15, 0.2) is 0 Å². The zero-order valence-corrected chi connectivity index (χ0v) is 9.78. The lowest BCUT2D eigenvalue weighted by Crippen LogP contribution is -2.34. The molecule has 1 atom stereocenters. The smallest absolute Gasteiger partial charge is 0.251 e. The number of hydrogen-bond donors (Lipinski definition) is 1. The molecule has 0 bridgehead atoms. The van der Waals surface area contributed by atoms with E-state index in [4.69, 9.17) is 0 Å². The topological polar surface area (TPSA) is 40.5 Å². The zero-order valence-electron chi connectivity index (χ0n) is 9.78. The van der Waals surface area contributed by atoms with Crippen molar-refractivity contribution < 1.29 is 10.0 Å². The number of para-hydroxylation sites is 1. The third kappa shape index (κ3) is 1.69. The highest BCUT2D eigenvalue weighted by molar-refractivity contribution is 5.95. The third-order valence-electron chi connectivity index (χ3n) is 3.36. The van der Waals surface area contributed by atoms with E-state index in [0.29, 0.717) is 12.1 Å². The molecular weight excluding hydrogens is 226 g/mol. The van der Waals surface area contributed by atoms with Crippen LogP contribution in [0.5, 0.6) is 0 Å². The Morgan fingerprint density at radius 1 is 1.00 bits per heavy atom. The normalized spacial score (nSPS) is 18.6. The Labute approximate surface area is 105 Å². The lowest BCUT2D eigenvalue weighted by molar-refractivity contribution is -0.124. The highest BCUT2D eigenvalue weighted by Gasteiger charge is 2.31. The summed E-state index contributed by atoms with van der Waals surface area (Å²) in [5, 5.41) is 10.5. The summed E-state index contributed by atoms with van der Waals surface area (Å²) >= 11 is 0. The Morgan fingerprint density at radius 3 is 2.44 bits per heavy atom. The molecule has 0 saturated heterocycles. The number of carbonyl (C=O) groups excluding carboxylic acids is 1. The fourth-order valence-electron chi connectivity index (χ4n) is 2.46. The Kier molecular flexibility index (Phi) is 2.61. The van der Waals surface area contributed by atoms with Crippen LogP contribution in [-0.4, -0.2) is 11.1 Å². The highest BCUT2D eigenvalue weighted by atomic mass is 16.5. The summed E-state index contributed by atoms with van der Waals surface area (Å²) in [6, 6.07) is 17.4. The molecule has 0 aliphatic carbocycles. The van der Waals surface area contributed by atoms with E-state index in [1.54, 1.807) is 6.07 Å². The first-order valence-corrected chi connectivity index (χ1v) is 5.93. The number of anilines is 1. The molecule has 90 valence electrons. The molecule has 2 aromatic carbocycles. The molecule has 1 aliphatic rings. The minimum absolute atomic E-state index is 0.0262. The second-order valence-corrected chi connectivity index (χ2v) is 4.43. The van der Waals surface area contributed by atoms with Gasteiger partial charge in [0.25, 0.3) is 5.91 Å². The third-order valence-corrected chi connectivity index (χ3v) is 3.36. The number of benzene rings is 2. The van der Waals surface area contributed by atoms with Crippen molar-refractivity contribution in [1.82, 2.24) is 0 Å². The number of nitrogens with zero attached hydrogens (tertiary/aromatic N) is 1. The van der Waals surface area contributed by atoms with Crippen LogP contribution >= 0.6 is 0 Å². The summed E-state index contributed by atoms with van der Waals surface area (Å²) in [6.07, 6.45) is 0.303. The summed E-state index contributed by atoms with van der Waals surface area (Å²) in [6.45, 7) is 0. The summed E-state index contributed by atoms with van der Waals surface area (Å²) in [7, 11) is 0. The molecule has 3 rings (SSSR count). The van der Waals surface area contributed by atoms with Crippen molar-refractivity contribution >= 4 is 11.6 Å². The molecule has 1 unspecified atom stereocenters. The molecule has 1 amide bonds. The number of hydroxylamine groups is 1. The van der Waals surface area contributed by atoms with E-state index in [9.17, 15) is 10.0 Å². The van der Waals surface area contributed by atoms with Gasteiger partial charge in [-0.15, -0.1) is 0 Å². The average molecular weight is 239 g/mol. The van der Waals surface area contributed by atoms with E-state index in [0.717, 1.165) is 16.2 Å². The summed E-state index contributed by atoms with van der Waals surface area (Å²) in [5.74, 6) is -0.235. The fourth-order valence-corrected chi connectivity index (χ4v) is 2.46. The Hall–Kier alpha value is -2.13. The summed E-state index contributed by atoms with van der Waals surface area (Å²) in [5.41, 5.74) is 2.68. The molecule has 0 saturated carbocycles. The van der Waals surface area contributed by atoms with Crippen LogP contribution in [0, 0.1) is 0 Å². The maximum absolute atomic E-state index is 11.8. The lowest BCUT2D eigenvalue weighted by Gasteiger charge is -2.30. The van der Waals surface area contributed by atoms with Crippen LogP contribution < -0.4 is 5.06 Å². The maximum Gasteiger partial charge on any atom is 0.251 e. The van der Waals surface area contributed by atoms with Crippen molar-refractivity contribution in [3.63, 3.8) is 0 Å². The van der Waals surface area contributed by atoms with Crippen molar-refractivity contribution in [2.24, 2.45) is 0 Å². The van der Waals surface area contributed by atoms with Crippen molar-refractivity contribution in [2.45, 2.75) is 12.3 Å². The Balaban J connectivity index is 2.13. The molecule has 2 aromatic rings. The molecule has 0 fully saturated rings. The Morgan fingerprint density at radius 2 is 1.67 bits per heavy atom. The van der Waals surface area contributed by atoms with Gasteiger partial charge in [-0.3, -0.25) is 10.0 Å². The number of hydrogen-bond acceptors (Lipinski definition) is 2. The van der Waals surface area contributed by atoms with Gasteiger partial charge < -0.3 is 0 Å². The first-order chi connectivity index (χ1) is 8.77. The van der Waals surface area contributed by atoms with E-state index in [-0.39, 0.29) is 11.8 Å². The van der Waals surface area contributed by atoms with E-state index in [1.165, 1.54) is 0 Å². The largest absolute Gasteiger partial charge is 0.281 e. The molecule has 0 aromatic heterocycles. The van der Waals surface area contributed by atoms with Gasteiger partial charge in [-0.2, -0.15) is 5.06 Å². The van der Waals surface area contributed by atoms with Gasteiger partial charge in [-0.05, 0) is 17.2 Å². The fraction of sp³-hybridized carbons (Fsp3) is 0.133. The molecule has 1 heterocycles. The van der Waals surface area contributed by atoms with Crippen LogP contribution in [0.15, 0.2) is 54.6 Å². The quantitative estimate of drug-likeness (QED) is 0.777. The van der Waals surface area contributed by atoms with Crippen molar-refractivity contribution in [3.05, 3.63) is 65.7 Å². The molecule has 3 nitrogen and oxygen atoms in total. The molecule has 1 N–H and O–H groups in total. The van der Waals surface area contributed by atoms with Gasteiger partial charge in [0.2, 0.25) is 0 Å². The van der Waals surface area contributed by atoms with Gasteiger partial charge in [0.1, 0.15) is 0 Å². The predicted octanol–water partition coefficient (Wildman–Crippen LogP) is 2.94. The first-order valence-electron chi connectivity index (χ1n) is 5.93. The standard InChI is InChI=1S/C15H13NO2/c17-15-10-13(11-6-2-1-3-7-11)12-8-4-5-9-14(12)16(15)18/h1-9,13,18H,10H2. The monoisotopic (exact) mass is 239 g/mol. The van der Waals surface area contributed by atoms with Crippen molar-refractivity contribution in [3.8, 4) is 0 Å². The van der Waals surface area contributed by atoms with E-state index in [2.05, 4.69) is 0 Å². The Bertz CT molecular complexity index is 580. The van der Waals surface area contributed by atoms with Crippen LogP contribution in [-0.2, 0) is 4.79 Å². The van der Waals surface area contributed by atoms with Gasteiger partial charge in [-0.25, -0.2) is 0 Å². The average Bonchev–Trinajstić information content (AvgIpc) is 2.44. The number of rotatable bonds is 1. The number of fused-ring (bicyclic) bond motifs is 1. The first kappa shape index (κ1) is 11.0. The molecule has 0 spiro atoms. The number of amides is 1. The summed E-state index contributed by atoms with van der Waals surface area (Å²) < 4.78 is 0. The van der Waals surface area contributed by atoms with Crippen molar-refractivity contribution in [1.29, 1.82) is 0 Å². The minimum atomic E-state index is -0.262. The van der Waals surface area contributed by atoms with Crippen LogP contribution in [0.2, 0.25) is 0 Å². The SMILES string of the molecule is O=C1CC(c2ccccc2)c2ccccc2N1O.